The zero-order valence-corrected chi connectivity index (χ0v) is 11.7. The van der Waals surface area contributed by atoms with E-state index in [-0.39, 0.29) is 17.0 Å². The van der Waals surface area contributed by atoms with E-state index in [9.17, 15) is 13.6 Å². The zero-order chi connectivity index (χ0) is 15.0. The number of nitrogens with one attached hydrogen (secondary N) is 1. The molecule has 2 unspecified atom stereocenters. The number of carbonyl (C=O) groups excluding carboxylic acids is 1. The summed E-state index contributed by atoms with van der Waals surface area (Å²) < 4.78 is 26.1. The van der Waals surface area contributed by atoms with Crippen molar-refractivity contribution in [2.24, 2.45) is 0 Å². The van der Waals surface area contributed by atoms with E-state index < -0.39 is 17.5 Å². The summed E-state index contributed by atoms with van der Waals surface area (Å²) in [7, 11) is 0. The summed E-state index contributed by atoms with van der Waals surface area (Å²) in [5.74, 6) is -2.49. The van der Waals surface area contributed by atoms with Crippen molar-refractivity contribution in [1.29, 1.82) is 0 Å². The van der Waals surface area contributed by atoms with Gasteiger partial charge in [0, 0.05) is 5.56 Å². The molecule has 5 heteroatoms. The molecular weight excluding hydrogens is 296 g/mol. The fourth-order valence-electron chi connectivity index (χ4n) is 2.58. The summed E-state index contributed by atoms with van der Waals surface area (Å²) in [6.07, 6.45) is 0.667. The molecule has 0 spiro atoms. The van der Waals surface area contributed by atoms with Gasteiger partial charge in [0.2, 0.25) is 0 Å². The first-order chi connectivity index (χ1) is 10.1. The summed E-state index contributed by atoms with van der Waals surface area (Å²) in [5.41, 5.74) is 2.13. The van der Waals surface area contributed by atoms with Crippen molar-refractivity contribution >= 4 is 17.5 Å². The number of carbonyl (C=O) groups is 1. The molecule has 2 aromatic rings. The van der Waals surface area contributed by atoms with Gasteiger partial charge in [0.25, 0.3) is 5.91 Å². The zero-order valence-electron chi connectivity index (χ0n) is 10.9. The monoisotopic (exact) mass is 307 g/mol. The van der Waals surface area contributed by atoms with Crippen molar-refractivity contribution in [3.8, 4) is 0 Å². The fourth-order valence-corrected chi connectivity index (χ4v) is 2.94. The van der Waals surface area contributed by atoms with E-state index in [0.717, 1.165) is 23.3 Å². The smallest absolute Gasteiger partial charge is 0.251 e. The van der Waals surface area contributed by atoms with Gasteiger partial charge in [0.15, 0.2) is 11.6 Å². The van der Waals surface area contributed by atoms with Gasteiger partial charge in [0.05, 0.1) is 11.4 Å². The van der Waals surface area contributed by atoms with Crippen LogP contribution in [-0.4, -0.2) is 11.3 Å². The van der Waals surface area contributed by atoms with Crippen LogP contribution in [0.2, 0.25) is 0 Å². The molecule has 0 aliphatic heterocycles. The number of amides is 1. The van der Waals surface area contributed by atoms with E-state index in [1.54, 1.807) is 0 Å². The summed E-state index contributed by atoms with van der Waals surface area (Å²) in [6, 6.07) is 10.4. The third-order valence-electron chi connectivity index (χ3n) is 3.64. The standard InChI is InChI=1S/C16H12ClF2NO/c17-12-7-9-3-1-2-4-11(9)15(12)20-16(21)10-5-6-13(18)14(19)8-10/h1-6,8,12,15H,7H2,(H,20,21). The highest BCUT2D eigenvalue weighted by Crippen LogP contribution is 2.34. The second-order valence-electron chi connectivity index (χ2n) is 5.00. The van der Waals surface area contributed by atoms with Gasteiger partial charge in [-0.1, -0.05) is 24.3 Å². The number of fused-ring (bicyclic) bond motifs is 1. The van der Waals surface area contributed by atoms with Gasteiger partial charge in [-0.15, -0.1) is 11.6 Å². The van der Waals surface area contributed by atoms with Crippen LogP contribution in [0.15, 0.2) is 42.5 Å². The quantitative estimate of drug-likeness (QED) is 0.844. The summed E-state index contributed by atoms with van der Waals surface area (Å²) >= 11 is 6.28. The van der Waals surface area contributed by atoms with Crippen molar-refractivity contribution in [2.45, 2.75) is 17.8 Å². The number of benzene rings is 2. The largest absolute Gasteiger partial charge is 0.344 e. The molecule has 2 nitrogen and oxygen atoms in total. The van der Waals surface area contributed by atoms with E-state index in [0.29, 0.717) is 6.42 Å². The minimum absolute atomic E-state index is 0.0714. The molecule has 1 amide bonds. The Bertz CT molecular complexity index is 704. The van der Waals surface area contributed by atoms with Crippen LogP contribution in [0.4, 0.5) is 8.78 Å². The number of hydrogen-bond acceptors (Lipinski definition) is 1. The van der Waals surface area contributed by atoms with Crippen LogP contribution in [0, 0.1) is 11.6 Å². The lowest BCUT2D eigenvalue weighted by Gasteiger charge is -2.17. The average molecular weight is 308 g/mol. The Morgan fingerprint density at radius 2 is 1.90 bits per heavy atom. The van der Waals surface area contributed by atoms with Gasteiger partial charge in [-0.25, -0.2) is 8.78 Å². The van der Waals surface area contributed by atoms with E-state index in [1.807, 2.05) is 24.3 Å². The molecule has 1 aliphatic rings. The molecular formula is C16H12ClF2NO. The predicted octanol–water partition coefficient (Wildman–Crippen LogP) is 3.60. The fraction of sp³-hybridized carbons (Fsp3) is 0.188. The Kier molecular flexibility index (Phi) is 3.64. The average Bonchev–Trinajstić information content (AvgIpc) is 2.78. The Hall–Kier alpha value is -1.94. The van der Waals surface area contributed by atoms with E-state index in [1.165, 1.54) is 6.07 Å². The molecule has 1 aliphatic carbocycles. The minimum atomic E-state index is -1.04. The molecule has 0 saturated carbocycles. The third kappa shape index (κ3) is 2.63. The topological polar surface area (TPSA) is 29.1 Å². The molecule has 0 saturated heterocycles. The van der Waals surface area contributed by atoms with E-state index in [2.05, 4.69) is 5.32 Å². The highest BCUT2D eigenvalue weighted by molar-refractivity contribution is 6.21. The Morgan fingerprint density at radius 3 is 2.67 bits per heavy atom. The molecule has 0 fully saturated rings. The van der Waals surface area contributed by atoms with Crippen LogP contribution in [0.3, 0.4) is 0 Å². The number of halogens is 3. The maximum Gasteiger partial charge on any atom is 0.251 e. The molecule has 2 atom stereocenters. The molecule has 1 N–H and O–H groups in total. The summed E-state index contributed by atoms with van der Waals surface area (Å²) in [5, 5.41) is 2.53. The van der Waals surface area contributed by atoms with E-state index >= 15 is 0 Å². The Morgan fingerprint density at radius 1 is 1.14 bits per heavy atom. The first-order valence-corrected chi connectivity index (χ1v) is 6.97. The van der Waals surface area contributed by atoms with Crippen molar-refractivity contribution < 1.29 is 13.6 Å². The number of hydrogen-bond donors (Lipinski definition) is 1. The lowest BCUT2D eigenvalue weighted by Crippen LogP contribution is -2.31. The molecule has 0 aromatic heterocycles. The second kappa shape index (κ2) is 5.45. The first kappa shape index (κ1) is 14.0. The van der Waals surface area contributed by atoms with Crippen molar-refractivity contribution in [3.05, 3.63) is 70.8 Å². The first-order valence-electron chi connectivity index (χ1n) is 6.54. The van der Waals surface area contributed by atoms with Gasteiger partial charge in [-0.2, -0.15) is 0 Å². The number of alkyl halides is 1. The van der Waals surface area contributed by atoms with Crippen molar-refractivity contribution in [3.63, 3.8) is 0 Å². The molecule has 108 valence electrons. The highest BCUT2D eigenvalue weighted by Gasteiger charge is 2.32. The molecule has 3 rings (SSSR count). The van der Waals surface area contributed by atoms with Crippen LogP contribution >= 0.6 is 11.6 Å². The summed E-state index contributed by atoms with van der Waals surface area (Å²) in [4.78, 5) is 12.2. The maximum absolute atomic E-state index is 13.2. The van der Waals surface area contributed by atoms with Gasteiger partial charge in [-0.3, -0.25) is 4.79 Å². The van der Waals surface area contributed by atoms with Crippen LogP contribution in [0.25, 0.3) is 0 Å². The van der Waals surface area contributed by atoms with Crippen molar-refractivity contribution in [2.75, 3.05) is 0 Å². The molecule has 0 radical (unpaired) electrons. The number of rotatable bonds is 2. The molecule has 0 heterocycles. The lowest BCUT2D eigenvalue weighted by atomic mass is 10.1. The van der Waals surface area contributed by atoms with Gasteiger partial charge in [0.1, 0.15) is 0 Å². The van der Waals surface area contributed by atoms with Crippen LogP contribution < -0.4 is 5.32 Å². The van der Waals surface area contributed by atoms with Gasteiger partial charge in [-0.05, 0) is 35.7 Å². The maximum atomic E-state index is 13.2. The second-order valence-corrected chi connectivity index (χ2v) is 5.56. The molecule has 0 bridgehead atoms. The van der Waals surface area contributed by atoms with Gasteiger partial charge >= 0.3 is 0 Å². The third-order valence-corrected chi connectivity index (χ3v) is 4.04. The van der Waals surface area contributed by atoms with Crippen LogP contribution in [-0.2, 0) is 6.42 Å². The van der Waals surface area contributed by atoms with Crippen LogP contribution in [0.1, 0.15) is 27.5 Å². The lowest BCUT2D eigenvalue weighted by molar-refractivity contribution is 0.0936. The Balaban J connectivity index is 1.83. The highest BCUT2D eigenvalue weighted by atomic mass is 35.5. The normalized spacial score (nSPS) is 20.1. The molecule has 2 aromatic carbocycles. The van der Waals surface area contributed by atoms with Crippen LogP contribution in [0.5, 0.6) is 0 Å². The SMILES string of the molecule is O=C(NC1c2ccccc2CC1Cl)c1ccc(F)c(F)c1. The van der Waals surface area contributed by atoms with Crippen molar-refractivity contribution in [1.82, 2.24) is 5.32 Å². The van der Waals surface area contributed by atoms with Gasteiger partial charge < -0.3 is 5.32 Å². The predicted molar refractivity (Wildman–Crippen MR) is 76.4 cm³/mol. The van der Waals surface area contributed by atoms with E-state index in [4.69, 9.17) is 11.6 Å². The Labute approximate surface area is 125 Å². The molecule has 21 heavy (non-hydrogen) atoms. The minimum Gasteiger partial charge on any atom is -0.344 e. The summed E-state index contributed by atoms with van der Waals surface area (Å²) in [6.45, 7) is 0.